The Balaban J connectivity index is 2.42. The van der Waals surface area contributed by atoms with Crippen molar-refractivity contribution in [2.75, 3.05) is 7.05 Å². The van der Waals surface area contributed by atoms with Crippen molar-refractivity contribution in [3.63, 3.8) is 0 Å². The Kier molecular flexibility index (Phi) is 3.68. The maximum absolute atomic E-state index is 9.64. The van der Waals surface area contributed by atoms with E-state index in [-0.39, 0.29) is 0 Å². The van der Waals surface area contributed by atoms with Crippen molar-refractivity contribution in [2.24, 2.45) is 0 Å². The Morgan fingerprint density at radius 3 is 2.47 bits per heavy atom. The van der Waals surface area contributed by atoms with E-state index in [1.165, 1.54) is 0 Å². The van der Waals surface area contributed by atoms with Gasteiger partial charge in [-0.25, -0.2) is 4.98 Å². The number of hydrogen-bond donors (Lipinski definition) is 1. The Hall–Kier alpha value is -2.12. The zero-order valence-corrected chi connectivity index (χ0v) is 11.5. The summed E-state index contributed by atoms with van der Waals surface area (Å²) in [7, 11) is 1.81. The second kappa shape index (κ2) is 5.25. The summed E-state index contributed by atoms with van der Waals surface area (Å²) in [5, 5.41) is 12.8. The van der Waals surface area contributed by atoms with Crippen LogP contribution in [0.3, 0.4) is 0 Å². The van der Waals surface area contributed by atoms with E-state index in [1.54, 1.807) is 6.33 Å². The van der Waals surface area contributed by atoms with E-state index in [9.17, 15) is 5.26 Å². The molecule has 2 aromatic rings. The summed E-state index contributed by atoms with van der Waals surface area (Å²) in [6, 6.07) is 12.2. The van der Waals surface area contributed by atoms with Gasteiger partial charge in [-0.2, -0.15) is 5.26 Å². The van der Waals surface area contributed by atoms with E-state index in [4.69, 9.17) is 0 Å². The van der Waals surface area contributed by atoms with E-state index in [0.29, 0.717) is 6.54 Å². The Morgan fingerprint density at radius 2 is 2.00 bits per heavy atom. The van der Waals surface area contributed by atoms with Crippen molar-refractivity contribution in [3.8, 4) is 6.07 Å². The molecule has 0 fully saturated rings. The van der Waals surface area contributed by atoms with Crippen LogP contribution in [-0.4, -0.2) is 16.6 Å². The van der Waals surface area contributed by atoms with Gasteiger partial charge in [-0.1, -0.05) is 30.3 Å². The van der Waals surface area contributed by atoms with E-state index < -0.39 is 5.54 Å². The topological polar surface area (TPSA) is 53.6 Å². The number of benzene rings is 1. The summed E-state index contributed by atoms with van der Waals surface area (Å²) in [6.45, 7) is 4.53. The molecular formula is C15H18N4. The van der Waals surface area contributed by atoms with E-state index >= 15 is 0 Å². The summed E-state index contributed by atoms with van der Waals surface area (Å²) < 4.78 is 2.02. The molecule has 4 nitrogen and oxygen atoms in total. The highest BCUT2D eigenvalue weighted by molar-refractivity contribution is 5.31. The van der Waals surface area contributed by atoms with Gasteiger partial charge in [0.25, 0.3) is 0 Å². The van der Waals surface area contributed by atoms with Crippen molar-refractivity contribution in [2.45, 2.75) is 25.9 Å². The van der Waals surface area contributed by atoms with Gasteiger partial charge in [-0.05, 0) is 26.5 Å². The molecule has 98 valence electrons. The molecule has 4 heteroatoms. The number of rotatable bonds is 4. The van der Waals surface area contributed by atoms with Crippen LogP contribution in [0, 0.1) is 25.2 Å². The second-order valence-electron chi connectivity index (χ2n) is 4.68. The molecule has 0 aliphatic heterocycles. The van der Waals surface area contributed by atoms with Gasteiger partial charge in [0.15, 0.2) is 0 Å². The molecule has 1 unspecified atom stereocenters. The van der Waals surface area contributed by atoms with Crippen molar-refractivity contribution < 1.29 is 0 Å². The standard InChI is InChI=1S/C15H18N4/c1-12-13(2)19(11-18-12)10-15(9-16,17-3)14-7-5-4-6-8-14/h4-8,11,17H,10H2,1-3H3. The predicted molar refractivity (Wildman–Crippen MR) is 74.5 cm³/mol. The number of aromatic nitrogens is 2. The molecule has 0 spiro atoms. The van der Waals surface area contributed by atoms with Crippen molar-refractivity contribution in [1.82, 2.24) is 14.9 Å². The highest BCUT2D eigenvalue weighted by atomic mass is 15.1. The Bertz CT molecular complexity index is 594. The number of nitrogens with zero attached hydrogens (tertiary/aromatic N) is 3. The fourth-order valence-electron chi connectivity index (χ4n) is 2.15. The zero-order valence-electron chi connectivity index (χ0n) is 11.5. The first kappa shape index (κ1) is 13.3. The quantitative estimate of drug-likeness (QED) is 0.909. The van der Waals surface area contributed by atoms with Crippen LogP contribution in [0.15, 0.2) is 36.7 Å². The summed E-state index contributed by atoms with van der Waals surface area (Å²) in [5.41, 5.74) is 2.31. The van der Waals surface area contributed by atoms with E-state index in [2.05, 4.69) is 16.4 Å². The van der Waals surface area contributed by atoms with Crippen LogP contribution in [0.25, 0.3) is 0 Å². The molecule has 0 saturated carbocycles. The summed E-state index contributed by atoms with van der Waals surface area (Å²) >= 11 is 0. The van der Waals surface area contributed by atoms with Gasteiger partial charge in [0.1, 0.15) is 5.54 Å². The molecule has 1 atom stereocenters. The summed E-state index contributed by atoms with van der Waals surface area (Å²) in [4.78, 5) is 4.29. The minimum Gasteiger partial charge on any atom is -0.331 e. The molecule has 19 heavy (non-hydrogen) atoms. The van der Waals surface area contributed by atoms with Gasteiger partial charge in [0, 0.05) is 5.69 Å². The van der Waals surface area contributed by atoms with Crippen LogP contribution in [0.1, 0.15) is 17.0 Å². The molecule has 1 heterocycles. The minimum atomic E-state index is -0.737. The number of likely N-dealkylation sites (N-methyl/N-ethyl adjacent to an activating group) is 1. The Labute approximate surface area is 113 Å². The van der Waals surface area contributed by atoms with Gasteiger partial charge in [-0.15, -0.1) is 0 Å². The zero-order chi connectivity index (χ0) is 13.9. The molecule has 1 aromatic carbocycles. The highest BCUT2D eigenvalue weighted by Crippen LogP contribution is 2.23. The third kappa shape index (κ3) is 2.38. The van der Waals surface area contributed by atoms with Crippen LogP contribution in [0.4, 0.5) is 0 Å². The largest absolute Gasteiger partial charge is 0.331 e. The summed E-state index contributed by atoms with van der Waals surface area (Å²) in [5.74, 6) is 0. The number of aryl methyl sites for hydroxylation is 1. The molecule has 0 aliphatic carbocycles. The van der Waals surface area contributed by atoms with Gasteiger partial charge in [0.2, 0.25) is 0 Å². The van der Waals surface area contributed by atoms with Gasteiger partial charge in [-0.3, -0.25) is 5.32 Å². The maximum Gasteiger partial charge on any atom is 0.150 e. The van der Waals surface area contributed by atoms with Crippen LogP contribution in [0.5, 0.6) is 0 Å². The van der Waals surface area contributed by atoms with Crippen LogP contribution in [-0.2, 0) is 12.1 Å². The van der Waals surface area contributed by atoms with Gasteiger partial charge >= 0.3 is 0 Å². The monoisotopic (exact) mass is 254 g/mol. The smallest absolute Gasteiger partial charge is 0.150 e. The number of nitrogens with one attached hydrogen (secondary N) is 1. The molecule has 2 rings (SSSR count). The lowest BCUT2D eigenvalue weighted by Gasteiger charge is -2.27. The van der Waals surface area contributed by atoms with Crippen molar-refractivity contribution >= 4 is 0 Å². The normalized spacial score (nSPS) is 13.8. The number of imidazole rings is 1. The van der Waals surface area contributed by atoms with Crippen molar-refractivity contribution in [3.05, 3.63) is 53.6 Å². The first-order valence-electron chi connectivity index (χ1n) is 6.27. The van der Waals surface area contributed by atoms with E-state index in [0.717, 1.165) is 17.0 Å². The van der Waals surface area contributed by atoms with E-state index in [1.807, 2.05) is 55.8 Å². The fraction of sp³-hybridized carbons (Fsp3) is 0.333. The molecule has 0 amide bonds. The molecular weight excluding hydrogens is 236 g/mol. The van der Waals surface area contributed by atoms with Gasteiger partial charge in [0.05, 0.1) is 24.6 Å². The maximum atomic E-state index is 9.64. The first-order chi connectivity index (χ1) is 9.13. The number of hydrogen-bond acceptors (Lipinski definition) is 3. The molecule has 0 saturated heterocycles. The minimum absolute atomic E-state index is 0.538. The van der Waals surface area contributed by atoms with Crippen LogP contribution < -0.4 is 5.32 Å². The molecule has 0 aliphatic rings. The Morgan fingerprint density at radius 1 is 1.32 bits per heavy atom. The summed E-state index contributed by atoms with van der Waals surface area (Å²) in [6.07, 6.45) is 1.79. The highest BCUT2D eigenvalue weighted by Gasteiger charge is 2.31. The number of nitriles is 1. The molecule has 1 N–H and O–H groups in total. The average Bonchev–Trinajstić information content (AvgIpc) is 2.77. The third-order valence-corrected chi connectivity index (χ3v) is 3.64. The second-order valence-corrected chi connectivity index (χ2v) is 4.68. The molecule has 0 radical (unpaired) electrons. The molecule has 1 aromatic heterocycles. The first-order valence-corrected chi connectivity index (χ1v) is 6.27. The lowest BCUT2D eigenvalue weighted by molar-refractivity contribution is 0.393. The lowest BCUT2D eigenvalue weighted by atomic mass is 9.91. The molecule has 0 bridgehead atoms. The average molecular weight is 254 g/mol. The SMILES string of the molecule is CNC(C#N)(Cn1cnc(C)c1C)c1ccccc1. The van der Waals surface area contributed by atoms with Gasteiger partial charge < -0.3 is 4.57 Å². The van der Waals surface area contributed by atoms with Crippen LogP contribution in [0.2, 0.25) is 0 Å². The van der Waals surface area contributed by atoms with Crippen molar-refractivity contribution in [1.29, 1.82) is 5.26 Å². The third-order valence-electron chi connectivity index (χ3n) is 3.64. The van der Waals surface area contributed by atoms with Crippen LogP contribution >= 0.6 is 0 Å². The fourth-order valence-corrected chi connectivity index (χ4v) is 2.15. The lowest BCUT2D eigenvalue weighted by Crippen LogP contribution is -2.42. The predicted octanol–water partition coefficient (Wildman–Crippen LogP) is 2.14.